The summed E-state index contributed by atoms with van der Waals surface area (Å²) in [6.07, 6.45) is 0.169. The highest BCUT2D eigenvalue weighted by atomic mass is 32.1. The molecule has 2 N–H and O–H groups in total. The van der Waals surface area contributed by atoms with Gasteiger partial charge in [0.2, 0.25) is 5.91 Å². The summed E-state index contributed by atoms with van der Waals surface area (Å²) in [5.41, 5.74) is 3.87. The van der Waals surface area contributed by atoms with Crippen LogP contribution in [0.2, 0.25) is 0 Å². The van der Waals surface area contributed by atoms with Crippen molar-refractivity contribution in [1.82, 2.24) is 10.3 Å². The van der Waals surface area contributed by atoms with E-state index in [-0.39, 0.29) is 30.2 Å². The minimum atomic E-state index is -1.07. The van der Waals surface area contributed by atoms with Crippen LogP contribution >= 0.6 is 11.3 Å². The Hall–Kier alpha value is -3.71. The van der Waals surface area contributed by atoms with Crippen molar-refractivity contribution in [2.75, 3.05) is 7.11 Å². The molecule has 0 bridgehead atoms. The number of rotatable bonds is 7. The van der Waals surface area contributed by atoms with Crippen LogP contribution in [0.1, 0.15) is 20.9 Å². The Kier molecular flexibility index (Phi) is 5.95. The summed E-state index contributed by atoms with van der Waals surface area (Å²) < 4.78 is 6.09. The highest BCUT2D eigenvalue weighted by molar-refractivity contribution is 7.18. The number of aromatic nitrogens is 1. The molecule has 0 aliphatic heterocycles. The number of carboxylic acids is 1. The van der Waals surface area contributed by atoms with Crippen LogP contribution in [0.15, 0.2) is 66.7 Å². The molecule has 31 heavy (non-hydrogen) atoms. The van der Waals surface area contributed by atoms with Gasteiger partial charge >= 0.3 is 5.97 Å². The molecule has 4 aromatic rings. The van der Waals surface area contributed by atoms with Gasteiger partial charge < -0.3 is 15.2 Å². The van der Waals surface area contributed by atoms with Crippen LogP contribution in [0.3, 0.4) is 0 Å². The number of thiazole rings is 1. The number of aromatic carboxylic acids is 1. The second kappa shape index (κ2) is 8.97. The molecule has 1 amide bonds. The lowest BCUT2D eigenvalue weighted by atomic mass is 10.1. The van der Waals surface area contributed by atoms with Gasteiger partial charge in [0, 0.05) is 6.54 Å². The Bertz CT molecular complexity index is 1250. The van der Waals surface area contributed by atoms with E-state index in [0.29, 0.717) is 5.56 Å². The highest BCUT2D eigenvalue weighted by Crippen LogP contribution is 2.28. The van der Waals surface area contributed by atoms with Crippen molar-refractivity contribution in [3.63, 3.8) is 0 Å². The summed E-state index contributed by atoms with van der Waals surface area (Å²) in [6.45, 7) is 0.228. The van der Waals surface area contributed by atoms with Crippen molar-refractivity contribution in [3.05, 3.63) is 82.9 Å². The number of carbonyl (C=O) groups is 2. The molecule has 3 aromatic carbocycles. The Morgan fingerprint density at radius 3 is 2.58 bits per heavy atom. The van der Waals surface area contributed by atoms with Gasteiger partial charge in [-0.15, -0.1) is 11.3 Å². The lowest BCUT2D eigenvalue weighted by Gasteiger charge is -2.08. The Morgan fingerprint density at radius 1 is 1.03 bits per heavy atom. The maximum atomic E-state index is 12.4. The average Bonchev–Trinajstić information content (AvgIpc) is 3.19. The van der Waals surface area contributed by atoms with Gasteiger partial charge in [-0.1, -0.05) is 42.5 Å². The minimum absolute atomic E-state index is 0.0645. The molecule has 6 nitrogen and oxygen atoms in total. The number of hydrogen-bond donors (Lipinski definition) is 2. The minimum Gasteiger partial charge on any atom is -0.496 e. The number of nitrogens with one attached hydrogen (secondary N) is 1. The van der Waals surface area contributed by atoms with Crippen LogP contribution in [0, 0.1) is 0 Å². The lowest BCUT2D eigenvalue weighted by molar-refractivity contribution is -0.120. The first-order valence-corrected chi connectivity index (χ1v) is 10.5. The molecule has 0 spiro atoms. The lowest BCUT2D eigenvalue weighted by Crippen LogP contribution is -2.24. The molecule has 1 aromatic heterocycles. The molecular weight excluding hydrogens is 412 g/mol. The van der Waals surface area contributed by atoms with Crippen LogP contribution in [-0.4, -0.2) is 29.1 Å². The number of nitrogens with zero attached hydrogens (tertiary/aromatic N) is 1. The second-order valence-electron chi connectivity index (χ2n) is 6.95. The van der Waals surface area contributed by atoms with Crippen molar-refractivity contribution >= 4 is 33.4 Å². The molecule has 1 heterocycles. The van der Waals surface area contributed by atoms with Gasteiger partial charge in [0.05, 0.1) is 23.7 Å². The topological polar surface area (TPSA) is 88.5 Å². The molecule has 4 rings (SSSR count). The molecule has 0 radical (unpaired) electrons. The van der Waals surface area contributed by atoms with E-state index in [0.717, 1.165) is 26.4 Å². The molecule has 0 saturated heterocycles. The Balaban J connectivity index is 1.43. The summed E-state index contributed by atoms with van der Waals surface area (Å²) in [6, 6.07) is 21.0. The summed E-state index contributed by atoms with van der Waals surface area (Å²) in [5, 5.41) is 12.8. The number of fused-ring (bicyclic) bond motifs is 1. The Labute approximate surface area is 183 Å². The largest absolute Gasteiger partial charge is 0.496 e. The third kappa shape index (κ3) is 4.73. The van der Waals surface area contributed by atoms with E-state index in [1.54, 1.807) is 12.1 Å². The zero-order chi connectivity index (χ0) is 21.8. The first kappa shape index (κ1) is 20.6. The summed E-state index contributed by atoms with van der Waals surface area (Å²) in [7, 11) is 1.42. The molecule has 0 fully saturated rings. The van der Waals surface area contributed by atoms with Gasteiger partial charge in [-0.25, -0.2) is 9.78 Å². The summed E-state index contributed by atoms with van der Waals surface area (Å²) in [5.74, 6) is -0.962. The summed E-state index contributed by atoms with van der Waals surface area (Å²) >= 11 is 1.50. The number of benzene rings is 3. The van der Waals surface area contributed by atoms with E-state index in [9.17, 15) is 14.7 Å². The van der Waals surface area contributed by atoms with Crippen molar-refractivity contribution in [2.45, 2.75) is 13.0 Å². The molecule has 0 aliphatic rings. The second-order valence-corrected chi connectivity index (χ2v) is 8.06. The van der Waals surface area contributed by atoms with Crippen molar-refractivity contribution in [3.8, 4) is 16.9 Å². The predicted molar refractivity (Wildman–Crippen MR) is 121 cm³/mol. The van der Waals surface area contributed by atoms with Gasteiger partial charge in [0.25, 0.3) is 0 Å². The third-order valence-electron chi connectivity index (χ3n) is 4.84. The van der Waals surface area contributed by atoms with E-state index in [4.69, 9.17) is 4.74 Å². The number of methoxy groups -OCH3 is 1. The van der Waals surface area contributed by atoms with Crippen LogP contribution in [0.5, 0.6) is 5.75 Å². The van der Waals surface area contributed by atoms with Crippen molar-refractivity contribution in [2.24, 2.45) is 0 Å². The zero-order valence-electron chi connectivity index (χ0n) is 16.8. The highest BCUT2D eigenvalue weighted by Gasteiger charge is 2.13. The molecule has 0 unspecified atom stereocenters. The number of carbonyl (C=O) groups excluding carboxylic acids is 1. The number of ether oxygens (including phenoxy) is 1. The van der Waals surface area contributed by atoms with Gasteiger partial charge in [0.15, 0.2) is 0 Å². The first-order chi connectivity index (χ1) is 15.0. The smallest absolute Gasteiger partial charge is 0.339 e. The van der Waals surface area contributed by atoms with Gasteiger partial charge in [0.1, 0.15) is 16.3 Å². The van der Waals surface area contributed by atoms with E-state index >= 15 is 0 Å². The maximum absolute atomic E-state index is 12.4. The standard InChI is InChI=1S/C24H20N2O4S/c1-30-20-10-7-15(11-18(20)24(28)29)14-25-22(27)13-23-26-19-9-8-17(12-21(19)31-23)16-5-3-2-4-6-16/h2-12H,13-14H2,1H3,(H,25,27)(H,28,29). The van der Waals surface area contributed by atoms with Crippen molar-refractivity contribution < 1.29 is 19.4 Å². The van der Waals surface area contributed by atoms with Gasteiger partial charge in [-0.05, 0) is 41.0 Å². The fraction of sp³-hybridized carbons (Fsp3) is 0.125. The fourth-order valence-corrected chi connectivity index (χ4v) is 4.30. The van der Waals surface area contributed by atoms with Crippen molar-refractivity contribution in [1.29, 1.82) is 0 Å². The number of hydrogen-bond acceptors (Lipinski definition) is 5. The summed E-state index contributed by atoms with van der Waals surface area (Å²) in [4.78, 5) is 28.3. The normalized spacial score (nSPS) is 10.7. The zero-order valence-corrected chi connectivity index (χ0v) is 17.6. The number of carboxylic acid groups (broad SMARTS) is 1. The van der Waals surface area contributed by atoms with E-state index in [1.807, 2.05) is 30.3 Å². The van der Waals surface area contributed by atoms with Crippen LogP contribution in [0.25, 0.3) is 21.3 Å². The molecule has 0 aliphatic carbocycles. The molecule has 156 valence electrons. The van der Waals surface area contributed by atoms with E-state index in [2.05, 4.69) is 28.5 Å². The predicted octanol–water partition coefficient (Wildman–Crippen LogP) is 4.53. The molecule has 0 atom stereocenters. The fourth-order valence-electron chi connectivity index (χ4n) is 3.29. The molecular formula is C24H20N2O4S. The molecule has 0 saturated carbocycles. The van der Waals surface area contributed by atoms with E-state index in [1.165, 1.54) is 24.5 Å². The molecule has 7 heteroatoms. The first-order valence-electron chi connectivity index (χ1n) is 9.65. The van der Waals surface area contributed by atoms with Crippen LogP contribution < -0.4 is 10.1 Å². The SMILES string of the molecule is COc1ccc(CNC(=O)Cc2nc3ccc(-c4ccccc4)cc3s2)cc1C(=O)O. The van der Waals surface area contributed by atoms with Crippen LogP contribution in [0.4, 0.5) is 0 Å². The van der Waals surface area contributed by atoms with E-state index < -0.39 is 5.97 Å². The van der Waals surface area contributed by atoms with Gasteiger partial charge in [-0.2, -0.15) is 0 Å². The monoisotopic (exact) mass is 432 g/mol. The average molecular weight is 433 g/mol. The Morgan fingerprint density at radius 2 is 1.84 bits per heavy atom. The maximum Gasteiger partial charge on any atom is 0.339 e. The quantitative estimate of drug-likeness (QED) is 0.448. The van der Waals surface area contributed by atoms with Gasteiger partial charge in [-0.3, -0.25) is 4.79 Å². The van der Waals surface area contributed by atoms with Crippen LogP contribution in [-0.2, 0) is 17.8 Å². The number of amides is 1. The third-order valence-corrected chi connectivity index (χ3v) is 5.85.